The molecule has 180 valence electrons. The first kappa shape index (κ1) is 23.7. The second-order valence-electron chi connectivity index (χ2n) is 10.0. The summed E-state index contributed by atoms with van der Waals surface area (Å²) in [5, 5.41) is 4.47. The van der Waals surface area contributed by atoms with E-state index in [0.717, 1.165) is 41.6 Å². The molecule has 0 saturated carbocycles. The van der Waals surface area contributed by atoms with Crippen LogP contribution in [-0.4, -0.2) is 44.1 Å². The zero-order chi connectivity index (χ0) is 24.6. The third kappa shape index (κ3) is 4.76. The van der Waals surface area contributed by atoms with Crippen LogP contribution in [0.25, 0.3) is 16.7 Å². The summed E-state index contributed by atoms with van der Waals surface area (Å²) in [6, 6.07) is 4.85. The van der Waals surface area contributed by atoms with Crippen LogP contribution in [0.3, 0.4) is 0 Å². The van der Waals surface area contributed by atoms with Crippen molar-refractivity contribution in [1.29, 1.82) is 0 Å². The van der Waals surface area contributed by atoms with Gasteiger partial charge >= 0.3 is 5.97 Å². The number of carbonyl (C=O) groups is 3. The van der Waals surface area contributed by atoms with Crippen molar-refractivity contribution in [2.24, 2.45) is 12.8 Å². The lowest BCUT2D eigenvalue weighted by molar-refractivity contribution is -0.155. The van der Waals surface area contributed by atoms with Crippen LogP contribution in [0.15, 0.2) is 30.5 Å². The quantitative estimate of drug-likeness (QED) is 0.630. The van der Waals surface area contributed by atoms with Crippen LogP contribution in [0.2, 0.25) is 0 Å². The number of amides is 2. The summed E-state index contributed by atoms with van der Waals surface area (Å²) in [7, 11) is 1.94. The molecule has 1 aromatic heterocycles. The number of ether oxygens (including phenoxy) is 1. The molecule has 2 amide bonds. The second-order valence-corrected chi connectivity index (χ2v) is 10.0. The summed E-state index contributed by atoms with van der Waals surface area (Å²) in [5.41, 5.74) is 10.8. The van der Waals surface area contributed by atoms with E-state index in [1.807, 2.05) is 30.1 Å². The minimum Gasteiger partial charge on any atom is -0.460 e. The normalized spacial score (nSPS) is 16.4. The Hall–Kier alpha value is -3.42. The third-order valence-corrected chi connectivity index (χ3v) is 6.28. The van der Waals surface area contributed by atoms with Gasteiger partial charge in [-0.2, -0.15) is 5.10 Å². The van der Waals surface area contributed by atoms with Crippen LogP contribution in [0.1, 0.15) is 74.5 Å². The van der Waals surface area contributed by atoms with E-state index in [1.165, 1.54) is 10.5 Å². The van der Waals surface area contributed by atoms with Crippen LogP contribution < -0.4 is 5.73 Å². The molecule has 34 heavy (non-hydrogen) atoms. The standard InChI is InChI=1S/C26H32N4O4/c1-26(2,3)34-22(31)12-11-21(24(27)32)30-15-18-13-17(9-10-19(18)25(30)33)20-14-28-29(4)23(20)16-7-5-6-8-16/h7,9-10,13-14,21H,5-6,8,11-12,15H2,1-4H3,(H2,27,32). The number of nitrogens with two attached hydrogens (primary N) is 1. The van der Waals surface area contributed by atoms with Crippen molar-refractivity contribution in [3.63, 3.8) is 0 Å². The molecule has 0 radical (unpaired) electrons. The summed E-state index contributed by atoms with van der Waals surface area (Å²) >= 11 is 0. The van der Waals surface area contributed by atoms with Crippen molar-refractivity contribution in [3.8, 4) is 11.1 Å². The fourth-order valence-electron chi connectivity index (χ4n) is 4.78. The molecule has 1 aliphatic heterocycles. The monoisotopic (exact) mass is 464 g/mol. The van der Waals surface area contributed by atoms with Gasteiger partial charge in [0.05, 0.1) is 11.9 Å². The molecule has 1 aliphatic carbocycles. The molecule has 1 atom stereocenters. The Labute approximate surface area is 199 Å². The van der Waals surface area contributed by atoms with Gasteiger partial charge in [0.25, 0.3) is 5.91 Å². The number of allylic oxidation sites excluding steroid dienone is 2. The summed E-state index contributed by atoms with van der Waals surface area (Å²) < 4.78 is 7.23. The first-order valence-electron chi connectivity index (χ1n) is 11.7. The van der Waals surface area contributed by atoms with Crippen LogP contribution >= 0.6 is 0 Å². The molecule has 2 heterocycles. The Morgan fingerprint density at radius 1 is 1.24 bits per heavy atom. The van der Waals surface area contributed by atoms with Gasteiger partial charge < -0.3 is 15.4 Å². The Morgan fingerprint density at radius 2 is 2.00 bits per heavy atom. The number of hydrogen-bond acceptors (Lipinski definition) is 5. The van der Waals surface area contributed by atoms with Crippen molar-refractivity contribution in [2.75, 3.05) is 0 Å². The molecule has 0 fully saturated rings. The van der Waals surface area contributed by atoms with E-state index in [4.69, 9.17) is 10.5 Å². The minimum atomic E-state index is -0.881. The predicted molar refractivity (Wildman–Crippen MR) is 128 cm³/mol. The Morgan fingerprint density at radius 3 is 2.65 bits per heavy atom. The summed E-state index contributed by atoms with van der Waals surface area (Å²) in [6.07, 6.45) is 7.50. The number of nitrogens with zero attached hydrogens (tertiary/aromatic N) is 3. The van der Waals surface area contributed by atoms with Crippen molar-refractivity contribution in [1.82, 2.24) is 14.7 Å². The number of benzene rings is 1. The average Bonchev–Trinajstić information content (AvgIpc) is 3.46. The number of primary amides is 1. The van der Waals surface area contributed by atoms with E-state index in [1.54, 1.807) is 26.8 Å². The number of hydrogen-bond donors (Lipinski definition) is 1. The lowest BCUT2D eigenvalue weighted by Crippen LogP contribution is -2.45. The molecule has 1 unspecified atom stereocenters. The topological polar surface area (TPSA) is 108 Å². The zero-order valence-corrected chi connectivity index (χ0v) is 20.3. The van der Waals surface area contributed by atoms with Gasteiger partial charge in [-0.25, -0.2) is 0 Å². The fourth-order valence-corrected chi connectivity index (χ4v) is 4.78. The fraction of sp³-hybridized carbons (Fsp3) is 0.462. The first-order chi connectivity index (χ1) is 16.0. The highest BCUT2D eigenvalue weighted by Gasteiger charge is 2.36. The molecule has 2 aromatic rings. The van der Waals surface area contributed by atoms with E-state index in [2.05, 4.69) is 11.2 Å². The van der Waals surface area contributed by atoms with Crippen molar-refractivity contribution >= 4 is 23.4 Å². The van der Waals surface area contributed by atoms with E-state index in [-0.39, 0.29) is 25.3 Å². The Kier molecular flexibility index (Phi) is 6.34. The van der Waals surface area contributed by atoms with Crippen molar-refractivity contribution < 1.29 is 19.1 Å². The molecule has 8 heteroatoms. The molecule has 2 aliphatic rings. The number of fused-ring (bicyclic) bond motifs is 1. The number of esters is 1. The maximum absolute atomic E-state index is 13.1. The van der Waals surface area contributed by atoms with Crippen molar-refractivity contribution in [3.05, 3.63) is 47.3 Å². The molecular formula is C26H32N4O4. The SMILES string of the molecule is Cn1ncc(-c2ccc3c(c2)CN(C(CCC(=O)OC(C)(C)C)C(N)=O)C3=O)c1C1=CCCC1. The Balaban J connectivity index is 1.55. The van der Waals surface area contributed by atoms with Gasteiger partial charge in [0.2, 0.25) is 5.91 Å². The minimum absolute atomic E-state index is 0.00437. The average molecular weight is 465 g/mol. The summed E-state index contributed by atoms with van der Waals surface area (Å²) in [4.78, 5) is 39.0. The number of aryl methyl sites for hydroxylation is 1. The van der Waals surface area contributed by atoms with Gasteiger partial charge in [0, 0.05) is 31.1 Å². The molecule has 2 N–H and O–H groups in total. The van der Waals surface area contributed by atoms with E-state index in [9.17, 15) is 14.4 Å². The molecule has 0 bridgehead atoms. The van der Waals surface area contributed by atoms with Gasteiger partial charge in [-0.1, -0.05) is 12.1 Å². The van der Waals surface area contributed by atoms with Gasteiger partial charge in [0.15, 0.2) is 0 Å². The van der Waals surface area contributed by atoms with Gasteiger partial charge in [-0.3, -0.25) is 19.1 Å². The number of carbonyl (C=O) groups excluding carboxylic acids is 3. The molecule has 8 nitrogen and oxygen atoms in total. The van der Waals surface area contributed by atoms with Gasteiger partial charge in [-0.15, -0.1) is 0 Å². The molecular weight excluding hydrogens is 432 g/mol. The largest absolute Gasteiger partial charge is 0.460 e. The van der Waals surface area contributed by atoms with Crippen LogP contribution in [0.4, 0.5) is 0 Å². The molecule has 0 spiro atoms. The van der Waals surface area contributed by atoms with E-state index < -0.39 is 23.5 Å². The lowest BCUT2D eigenvalue weighted by Gasteiger charge is -2.25. The van der Waals surface area contributed by atoms with Crippen molar-refractivity contribution in [2.45, 2.75) is 71.1 Å². The predicted octanol–water partition coefficient (Wildman–Crippen LogP) is 3.59. The third-order valence-electron chi connectivity index (χ3n) is 6.28. The molecule has 4 rings (SSSR count). The van der Waals surface area contributed by atoms with Crippen LogP contribution in [0, 0.1) is 0 Å². The van der Waals surface area contributed by atoms with Gasteiger partial charge in [0.1, 0.15) is 11.6 Å². The number of aromatic nitrogens is 2. The van der Waals surface area contributed by atoms with Crippen LogP contribution in [-0.2, 0) is 27.9 Å². The Bertz CT molecular complexity index is 1170. The highest BCUT2D eigenvalue weighted by Crippen LogP contribution is 2.36. The lowest BCUT2D eigenvalue weighted by atomic mass is 9.98. The maximum Gasteiger partial charge on any atom is 0.306 e. The van der Waals surface area contributed by atoms with Crippen LogP contribution in [0.5, 0.6) is 0 Å². The summed E-state index contributed by atoms with van der Waals surface area (Å²) in [6.45, 7) is 5.62. The highest BCUT2D eigenvalue weighted by atomic mass is 16.6. The number of rotatable bonds is 7. The maximum atomic E-state index is 13.1. The second kappa shape index (κ2) is 9.08. The molecule has 0 saturated heterocycles. The molecule has 1 aromatic carbocycles. The zero-order valence-electron chi connectivity index (χ0n) is 20.3. The van der Waals surface area contributed by atoms with Gasteiger partial charge in [-0.05, 0) is 75.3 Å². The van der Waals surface area contributed by atoms with E-state index >= 15 is 0 Å². The smallest absolute Gasteiger partial charge is 0.306 e. The summed E-state index contributed by atoms with van der Waals surface area (Å²) in [5.74, 6) is -1.30. The highest BCUT2D eigenvalue weighted by molar-refractivity contribution is 6.01. The first-order valence-corrected chi connectivity index (χ1v) is 11.7. The van der Waals surface area contributed by atoms with E-state index in [0.29, 0.717) is 5.56 Å².